The molecule has 0 aromatic carbocycles. The Morgan fingerprint density at radius 3 is 1.13 bits per heavy atom. The number of hydrogen-bond acceptors (Lipinski definition) is 23. The van der Waals surface area contributed by atoms with Crippen molar-refractivity contribution in [3.05, 3.63) is 93.7 Å². The normalized spacial score (nSPS) is 16.3. The summed E-state index contributed by atoms with van der Waals surface area (Å²) in [5, 5.41) is 21.3. The molecule has 10 heterocycles. The van der Waals surface area contributed by atoms with Gasteiger partial charge in [-0.15, -0.1) is 11.6 Å². The monoisotopic (exact) mass is 2430 g/mol. The fourth-order valence-corrected chi connectivity index (χ4v) is 29.6. The number of carbonyl (C=O) groups excluding carboxylic acids is 6. The molecule has 5 fully saturated rings. The molecule has 23 nitrogen and oxygen atoms in total. The Morgan fingerprint density at radius 1 is 0.532 bits per heavy atom. The van der Waals surface area contributed by atoms with Crippen molar-refractivity contribution < 1.29 is 111 Å². The van der Waals surface area contributed by atoms with Gasteiger partial charge in [-0.2, -0.15) is 28.8 Å². The number of rotatable bonds is 16. The van der Waals surface area contributed by atoms with E-state index in [2.05, 4.69) is 121 Å². The topological polar surface area (TPSA) is 270 Å². The van der Waals surface area contributed by atoms with E-state index in [4.69, 9.17) is 36.6 Å². The van der Waals surface area contributed by atoms with E-state index in [0.717, 1.165) is 94.7 Å². The van der Waals surface area contributed by atoms with Gasteiger partial charge >= 0.3 is 146 Å². The van der Waals surface area contributed by atoms with Crippen LogP contribution < -0.4 is 17.0 Å². The summed E-state index contributed by atoms with van der Waals surface area (Å²) in [7, 11) is 3.75. The number of nitrogens with zero attached hydrogens (tertiary/aromatic N) is 10. The Balaban J connectivity index is 0. The van der Waals surface area contributed by atoms with Crippen LogP contribution >= 0.6 is 108 Å². The van der Waals surface area contributed by atoms with Crippen LogP contribution in [0.15, 0.2) is 35.9 Å². The van der Waals surface area contributed by atoms with Crippen molar-refractivity contribution in [2.75, 3.05) is 65.4 Å². The number of piperidine rings is 5. The summed E-state index contributed by atoms with van der Waals surface area (Å²) in [5.74, 6) is 0.804. The van der Waals surface area contributed by atoms with E-state index >= 15 is 0 Å². The summed E-state index contributed by atoms with van der Waals surface area (Å²) in [4.78, 5) is 83.2. The van der Waals surface area contributed by atoms with E-state index < -0.39 is 59.5 Å². The minimum absolute atomic E-state index is 0. The molecular weight excluding hydrogens is 2280 g/mol. The van der Waals surface area contributed by atoms with Gasteiger partial charge in [-0.1, -0.05) is 21.5 Å². The summed E-state index contributed by atoms with van der Waals surface area (Å²) in [6.07, 6.45) is 16.5. The molecule has 5 saturated heterocycles. The zero-order valence-electron chi connectivity index (χ0n) is 79.8. The van der Waals surface area contributed by atoms with Gasteiger partial charge in [0.15, 0.2) is 0 Å². The average Bonchev–Trinajstić information content (AvgIpc) is 1.80. The summed E-state index contributed by atoms with van der Waals surface area (Å²) in [5.41, 5.74) is 3.34. The zero-order chi connectivity index (χ0) is 92.5. The van der Waals surface area contributed by atoms with Gasteiger partial charge in [0.05, 0.1) is 58.1 Å². The number of amides is 5. The quantitative estimate of drug-likeness (QED) is 0.0305. The Kier molecular flexibility index (Phi) is 61.4. The van der Waals surface area contributed by atoms with E-state index in [1.165, 1.54) is 98.0 Å². The van der Waals surface area contributed by atoms with E-state index in [1.807, 2.05) is 151 Å². The van der Waals surface area contributed by atoms with Crippen LogP contribution in [-0.2, 0) is 28.5 Å². The molecular formula is C88H147BBr2ClIMgN10O13S5SnU. The molecule has 2 N–H and O–H groups in total. The van der Waals surface area contributed by atoms with Crippen LogP contribution in [0.4, 0.5) is 24.0 Å². The van der Waals surface area contributed by atoms with Gasteiger partial charge in [0, 0.05) is 132 Å². The molecule has 3 unspecified atom stereocenters. The summed E-state index contributed by atoms with van der Waals surface area (Å²) < 4.78 is 59.4. The van der Waals surface area contributed by atoms with Gasteiger partial charge in [0.2, 0.25) is 0 Å². The average molecular weight is 2430 g/mol. The molecule has 3 atom stereocenters. The fourth-order valence-electron chi connectivity index (χ4n) is 13.0. The number of hydrogen-bond donors (Lipinski definition) is 2. The Bertz CT molecular complexity index is 3730. The first kappa shape index (κ1) is 122. The van der Waals surface area contributed by atoms with E-state index in [9.17, 15) is 39.0 Å². The van der Waals surface area contributed by atoms with Crippen molar-refractivity contribution in [1.82, 2.24) is 46.4 Å². The van der Waals surface area contributed by atoms with Crippen molar-refractivity contribution in [3.8, 4) is 0 Å². The number of carbonyl (C=O) groups is 6. The third kappa shape index (κ3) is 51.7. The van der Waals surface area contributed by atoms with Gasteiger partial charge < -0.3 is 82.3 Å². The van der Waals surface area contributed by atoms with Crippen LogP contribution in [0.2, 0.25) is 13.3 Å². The smallest absolute Gasteiger partial charge is 1.00 e. The second-order valence-corrected chi connectivity index (χ2v) is 53.5. The van der Waals surface area contributed by atoms with Crippen molar-refractivity contribution in [3.63, 3.8) is 0 Å². The van der Waals surface area contributed by atoms with Gasteiger partial charge in [0.1, 0.15) is 33.8 Å². The second-order valence-electron chi connectivity index (χ2n) is 36.2. The van der Waals surface area contributed by atoms with Crippen LogP contribution in [0.5, 0.6) is 0 Å². The van der Waals surface area contributed by atoms with Gasteiger partial charge in [0.25, 0.3) is 0 Å². The predicted molar refractivity (Wildman–Crippen MR) is 523 cm³/mol. The number of unbranched alkanes of at least 4 members (excludes halogenated alkanes) is 3. The fraction of sp³-hybridized carbons (Fsp3) is 0.727. The van der Waals surface area contributed by atoms with Crippen LogP contribution in [-0.4, -0.2) is 244 Å². The molecule has 10 rings (SSSR count). The number of aryl methyl sites for hydroxylation is 5. The maximum absolute atomic E-state index is 12.1. The third-order valence-electron chi connectivity index (χ3n) is 19.3. The van der Waals surface area contributed by atoms with Crippen molar-refractivity contribution in [2.45, 2.75) is 332 Å². The van der Waals surface area contributed by atoms with Gasteiger partial charge in [-0.25, -0.2) is 24.0 Å². The maximum Gasteiger partial charge on any atom is 2.00 e. The largest absolute Gasteiger partial charge is 2.00 e. The number of aliphatic hydroxyl groups is 2. The van der Waals surface area contributed by atoms with E-state index in [0.29, 0.717) is 84.0 Å². The standard InChI is InChI=1S/C15H23BrN2O3S.C15H23ClN2O2S.C15H24N2O3S.C15H22N2O2S.C10H17NO3.C4H4INS.3C4H9.C2H5.BH.BrH.Mg.Sn.U.H/c1-10-9-11(22-17-10)12(16)15(20)5-7-18(8-6-15)13(19)21-14(2,3)4;1-10-9-12(21-17-10)13(16)11-5-7-18(8-6-11)14(19)20-15(2,3)4;1-10-9-12(21-16-10)13(18)11-5-7-17(8-6-11)14(19)20-15(2,3)4;1-11-9-13(20-16-11)10-12-5-7-17(8-6-12)14(18)19-15(2,3)4;1-10(2,3)14-9(13)11-6-4-8(12)5-7-11;1-3-2-4(5)7-6-3;3*1-3-4-2;1-2;;;;;;/h9,12,20H,5-8H2,1-4H3;9,11,13H,5-8H2,1-4H3;9,11,13,18H,5-8H2,1-4H3;9-10H,5-8H2,1-4H3;4-7H2,1-3H3;2H,1H3;3*1,3-4H2,2H3;1H2,2H3;2*1H;;;;/q;;;;;;;;;-1;;;+2;;;/p-1/i;;;;;;;;;;1D;;;;;. The van der Waals surface area contributed by atoms with Gasteiger partial charge in [-0.3, -0.25) is 4.79 Å². The van der Waals surface area contributed by atoms with Crippen molar-refractivity contribution in [2.24, 2.45) is 11.8 Å². The molecule has 5 aromatic heterocycles. The van der Waals surface area contributed by atoms with Crippen LogP contribution in [0.1, 0.15) is 299 Å². The van der Waals surface area contributed by atoms with Gasteiger partial charge in [-0.05, 0) is 320 Å². The number of halogens is 4. The summed E-state index contributed by atoms with van der Waals surface area (Å²) in [6, 6.07) is 10.1. The minimum atomic E-state index is -0.967. The van der Waals surface area contributed by atoms with E-state index in [1.54, 1.807) is 56.3 Å². The molecule has 5 amide bonds. The number of aromatic nitrogens is 5. The maximum atomic E-state index is 12.1. The first-order valence-electron chi connectivity index (χ1n) is 43.4. The first-order valence-corrected chi connectivity index (χ1v) is 56.1. The number of aliphatic hydroxyl groups excluding tert-OH is 1. The number of ether oxygens (including phenoxy) is 5. The SMILES string of the molecule is CC(C)(C)OC(=O)N1CCC(=O)CC1.CCC[CH2][SnH]([CH2]CCC)[CH2]CCC.Cc1cc(C(Br)C2(O)CCN(C(=O)OC(C)(C)C)CC2)sn1.Cc1cc(C(Cl)C2CCN(C(=O)OC(C)(C)C)CC2)sn1.Cc1cc(C(O)C2CCN(C(=O)OC(C)(C)C)CC2)sn1.Cc1cc(C=C2CCN(C(=O)OC(C)(C)C)CC2)sn1.Cc1cc(I)sn1.[2H][B].[Br-].[CH2-]C.[Mg+2].[U]. The second kappa shape index (κ2) is 62.1. The molecule has 698 valence electrons. The Hall–Kier alpha value is -1.51. The molecule has 0 saturated carbocycles. The van der Waals surface area contributed by atoms with Crippen LogP contribution in [0.25, 0.3) is 6.08 Å². The number of alkyl halides is 2. The van der Waals surface area contributed by atoms with E-state index in [-0.39, 0.29) is 124 Å². The predicted octanol–water partition coefficient (Wildman–Crippen LogP) is 20.1. The molecule has 36 heteroatoms. The van der Waals surface area contributed by atoms with Crippen LogP contribution in [0, 0.1) is 87.4 Å². The third-order valence-corrected chi connectivity index (χ3v) is 37.4. The van der Waals surface area contributed by atoms with Crippen LogP contribution in [0.3, 0.4) is 0 Å². The number of likely N-dealkylation sites (tertiary alicyclic amines) is 5. The Labute approximate surface area is 853 Å². The number of Topliss-reactive ketones (excluding diaryl/α,β-unsaturated/α-hetero) is 1. The van der Waals surface area contributed by atoms with Crippen molar-refractivity contribution >= 4 is 201 Å². The molecule has 5 aliphatic rings. The zero-order valence-corrected chi connectivity index (χ0v) is 97.9. The number of ketones is 1. The van der Waals surface area contributed by atoms with Crippen molar-refractivity contribution in [1.29, 1.82) is 1.34 Å². The molecule has 124 heavy (non-hydrogen) atoms. The summed E-state index contributed by atoms with van der Waals surface area (Å²) >= 11 is 18.8. The molecule has 0 bridgehead atoms. The first-order chi connectivity index (χ1) is 57.0. The summed E-state index contributed by atoms with van der Waals surface area (Å²) in [6.45, 7) is 56.0. The molecule has 5 aliphatic heterocycles. The molecule has 5 aromatic rings. The molecule has 2 radical (unpaired) electrons. The molecule has 0 aliphatic carbocycles. The minimum Gasteiger partial charge on any atom is -1.00 e. The Morgan fingerprint density at radius 2 is 0.831 bits per heavy atom. The molecule has 0 spiro atoms.